The number of imidazole rings is 2. The molecule has 0 amide bonds. The quantitative estimate of drug-likeness (QED) is 0.179. The molecule has 33 heavy (non-hydrogen) atoms. The van der Waals surface area contributed by atoms with Crippen molar-refractivity contribution in [3.63, 3.8) is 0 Å². The number of aromatic amines is 1. The normalized spacial score (nSPS) is 26.9. The Morgan fingerprint density at radius 1 is 1.36 bits per heavy atom. The average molecular weight is 506 g/mol. The number of hydrogen-bond donors (Lipinski definition) is 4. The second-order valence-electron chi connectivity index (χ2n) is 7.04. The van der Waals surface area contributed by atoms with Gasteiger partial charge in [-0.3, -0.25) is 32.1 Å². The van der Waals surface area contributed by atoms with E-state index in [9.17, 15) is 33.9 Å². The van der Waals surface area contributed by atoms with Crippen LogP contribution in [0, 0.1) is 0 Å². The smallest absolute Gasteiger partial charge is 0.313 e. The van der Waals surface area contributed by atoms with Crippen molar-refractivity contribution < 1.29 is 47.3 Å². The van der Waals surface area contributed by atoms with Crippen molar-refractivity contribution >= 4 is 32.7 Å². The van der Waals surface area contributed by atoms with Crippen LogP contribution >= 0.6 is 15.6 Å². The lowest BCUT2D eigenvalue weighted by Gasteiger charge is -2.32. The maximum Gasteiger partial charge on any atom is 0.313 e. The van der Waals surface area contributed by atoms with E-state index in [0.29, 0.717) is 4.34 Å². The molecule has 4 rings (SSSR count). The minimum atomic E-state index is -5.43. The Balaban J connectivity index is 1.51. The number of nitrogens with two attached hydrogens (primary N) is 1. The first kappa shape index (κ1) is 23.7. The number of aliphatic hydroxyl groups is 2. The summed E-state index contributed by atoms with van der Waals surface area (Å²) in [6.07, 6.45) is -1.76. The number of ether oxygens (including phenoxy) is 1. The lowest BCUT2D eigenvalue weighted by molar-refractivity contribution is -0.745. The summed E-state index contributed by atoms with van der Waals surface area (Å²) in [5.74, 6) is -0.204. The molecule has 1 saturated heterocycles. The van der Waals surface area contributed by atoms with Crippen molar-refractivity contribution in [3.05, 3.63) is 35.4 Å². The van der Waals surface area contributed by atoms with Crippen LogP contribution in [0.15, 0.2) is 29.8 Å². The molecule has 6 atom stereocenters. The highest BCUT2D eigenvalue weighted by Gasteiger charge is 2.47. The lowest BCUT2D eigenvalue weighted by Crippen LogP contribution is -2.46. The highest BCUT2D eigenvalue weighted by molar-refractivity contribution is 7.61. The Labute approximate surface area is 183 Å². The second-order valence-corrected chi connectivity index (χ2v) is 10.2. The number of nitrogens with zero attached hydrogens (tertiary/aromatic N) is 5. The molecular weight excluding hydrogens is 488 g/mol. The fourth-order valence-corrected chi connectivity index (χ4v) is 5.58. The number of hydrogen-bond acceptors (Lipinski definition) is 13. The SMILES string of the molecule is Cn1c[n+]([C@@H]2O[C@H](COP(=O)([O-])OP(=O)([O-])n3ccnc3)C(O)[C@@H]2O)c2nc(N)[nH]c(=O)c21. The number of phosphoric acid groups is 1. The van der Waals surface area contributed by atoms with Gasteiger partial charge >= 0.3 is 5.65 Å². The topological polar surface area (TPSA) is 247 Å². The number of aliphatic hydroxyl groups excluding tert-OH is 2. The zero-order chi connectivity index (χ0) is 24.1. The predicted octanol–water partition coefficient (Wildman–Crippen LogP) is -3.53. The predicted molar refractivity (Wildman–Crippen MR) is 102 cm³/mol. The highest BCUT2D eigenvalue weighted by atomic mass is 31.3. The van der Waals surface area contributed by atoms with Crippen LogP contribution in [0.25, 0.3) is 11.2 Å². The van der Waals surface area contributed by atoms with Gasteiger partial charge in [-0.15, -0.1) is 0 Å². The minimum absolute atomic E-state index is 0.0297. The minimum Gasteiger partial charge on any atom is -0.761 e. The second kappa shape index (κ2) is 8.39. The largest absolute Gasteiger partial charge is 0.761 e. The Morgan fingerprint density at radius 3 is 2.76 bits per heavy atom. The van der Waals surface area contributed by atoms with Gasteiger partial charge in [-0.25, -0.2) is 9.55 Å². The number of nitrogen functional groups attached to an aromatic ring is 1. The van der Waals surface area contributed by atoms with Crippen LogP contribution in [-0.2, 0) is 29.7 Å². The zero-order valence-corrected chi connectivity index (χ0v) is 18.5. The number of rotatable bonds is 7. The molecule has 19 heteroatoms. The summed E-state index contributed by atoms with van der Waals surface area (Å²) in [5.41, 5.74) is 5.14. The summed E-state index contributed by atoms with van der Waals surface area (Å²) < 4.78 is 41.2. The summed E-state index contributed by atoms with van der Waals surface area (Å²) in [4.78, 5) is 45.9. The van der Waals surface area contributed by atoms with Crippen LogP contribution in [0.4, 0.5) is 5.95 Å². The Kier molecular flexibility index (Phi) is 6.03. The summed E-state index contributed by atoms with van der Waals surface area (Å²) >= 11 is 0. The Bertz CT molecular complexity index is 1320. The first-order valence-electron chi connectivity index (χ1n) is 9.14. The van der Waals surface area contributed by atoms with Crippen molar-refractivity contribution in [2.45, 2.75) is 24.5 Å². The molecule has 0 radical (unpaired) electrons. The lowest BCUT2D eigenvalue weighted by atomic mass is 10.1. The van der Waals surface area contributed by atoms with Crippen LogP contribution in [0.2, 0.25) is 0 Å². The van der Waals surface area contributed by atoms with Crippen LogP contribution in [0.3, 0.4) is 0 Å². The summed E-state index contributed by atoms with van der Waals surface area (Å²) in [7, 11) is -9.01. The van der Waals surface area contributed by atoms with Gasteiger partial charge in [-0.1, -0.05) is 4.98 Å². The molecule has 1 aliphatic heterocycles. The average Bonchev–Trinajstić information content (AvgIpc) is 3.41. The van der Waals surface area contributed by atoms with Crippen LogP contribution in [0.1, 0.15) is 6.23 Å². The van der Waals surface area contributed by atoms with Crippen LogP contribution < -0.4 is 25.6 Å². The summed E-state index contributed by atoms with van der Waals surface area (Å²) in [6, 6.07) is 0. The van der Waals surface area contributed by atoms with Gasteiger partial charge in [-0.2, -0.15) is 0 Å². The molecule has 1 aliphatic rings. The van der Waals surface area contributed by atoms with E-state index in [0.717, 1.165) is 18.7 Å². The fourth-order valence-electron chi connectivity index (χ4n) is 3.31. The molecule has 0 saturated carbocycles. The van der Waals surface area contributed by atoms with E-state index in [1.165, 1.54) is 22.5 Å². The molecule has 17 nitrogen and oxygen atoms in total. The number of fused-ring (bicyclic) bond motifs is 1. The molecule has 3 unspecified atom stereocenters. The third-order valence-electron chi connectivity index (χ3n) is 4.77. The molecule has 3 aromatic heterocycles. The van der Waals surface area contributed by atoms with Crippen molar-refractivity contribution in [2.75, 3.05) is 12.3 Å². The van der Waals surface area contributed by atoms with Gasteiger partial charge in [0.05, 0.1) is 13.7 Å². The van der Waals surface area contributed by atoms with E-state index in [-0.39, 0.29) is 17.1 Å². The molecule has 1 fully saturated rings. The van der Waals surface area contributed by atoms with Gasteiger partial charge in [0.25, 0.3) is 19.3 Å². The number of nitrogens with one attached hydrogen (secondary N) is 1. The van der Waals surface area contributed by atoms with E-state index < -0.39 is 52.3 Å². The van der Waals surface area contributed by atoms with Gasteiger partial charge in [0.2, 0.25) is 19.5 Å². The molecule has 0 bridgehead atoms. The van der Waals surface area contributed by atoms with Gasteiger partial charge in [-0.05, 0) is 0 Å². The van der Waals surface area contributed by atoms with E-state index in [1.54, 1.807) is 0 Å². The van der Waals surface area contributed by atoms with Crippen molar-refractivity contribution in [2.24, 2.45) is 7.05 Å². The molecular formula is C14H18N7O10P2-. The number of aromatic nitrogens is 6. The third-order valence-corrected chi connectivity index (χ3v) is 7.67. The monoisotopic (exact) mass is 506 g/mol. The van der Waals surface area contributed by atoms with Gasteiger partial charge in [0.1, 0.15) is 24.6 Å². The number of anilines is 1. The van der Waals surface area contributed by atoms with E-state index in [2.05, 4.69) is 23.8 Å². The standard InChI is InChI=1S/C14H19N7O10P2/c1-19-6-21(11-8(19)12(24)18-14(15)17-11)13-10(23)9(22)7(30-13)4-29-33(27,28)31-32(25,26)20-3-2-16-5-20/h2-3,5-7,9-10,13,22-23H,4H2,1H3,(H4-,15,17,18,24,25,26,27,28)/p-1/t7-,9?,10+,13-/m1/s1. The maximum atomic E-state index is 12.2. The van der Waals surface area contributed by atoms with Crippen molar-refractivity contribution in [1.29, 1.82) is 0 Å². The number of aryl methyl sites for hydroxylation is 1. The first-order chi connectivity index (χ1) is 15.4. The summed E-state index contributed by atoms with van der Waals surface area (Å²) in [6.45, 7) is -0.888. The third kappa shape index (κ3) is 4.50. The number of H-pyrrole nitrogens is 1. The van der Waals surface area contributed by atoms with Gasteiger partial charge in [0, 0.05) is 12.4 Å². The summed E-state index contributed by atoms with van der Waals surface area (Å²) in [5, 5.41) is 20.7. The van der Waals surface area contributed by atoms with E-state index in [1.807, 2.05) is 0 Å². The highest BCUT2D eigenvalue weighted by Crippen LogP contribution is 2.55. The zero-order valence-electron chi connectivity index (χ0n) is 16.7. The van der Waals surface area contributed by atoms with Crippen molar-refractivity contribution in [3.8, 4) is 0 Å². The fraction of sp³-hybridized carbons (Fsp3) is 0.429. The van der Waals surface area contributed by atoms with E-state index >= 15 is 0 Å². The molecule has 180 valence electrons. The van der Waals surface area contributed by atoms with Crippen LogP contribution in [-0.4, -0.2) is 59.0 Å². The molecule has 0 aliphatic carbocycles. The van der Waals surface area contributed by atoms with Crippen LogP contribution in [0.5, 0.6) is 0 Å². The Morgan fingerprint density at radius 2 is 2.09 bits per heavy atom. The molecule has 0 spiro atoms. The molecule has 0 aromatic carbocycles. The van der Waals surface area contributed by atoms with E-state index in [4.69, 9.17) is 10.5 Å². The Hall–Kier alpha value is -2.46. The molecule has 4 heterocycles. The molecule has 5 N–H and O–H groups in total. The maximum absolute atomic E-state index is 12.2. The van der Waals surface area contributed by atoms with Gasteiger partial charge in [0.15, 0.2) is 6.33 Å². The van der Waals surface area contributed by atoms with Gasteiger partial charge < -0.3 is 35.0 Å². The van der Waals surface area contributed by atoms with Crippen molar-refractivity contribution in [1.82, 2.24) is 23.9 Å². The molecule has 3 aromatic rings. The number of phosphoric ester groups is 1. The first-order valence-corrected chi connectivity index (χ1v) is 12.1.